The summed E-state index contributed by atoms with van der Waals surface area (Å²) in [4.78, 5) is 3.75. The Kier molecular flexibility index (Phi) is 6.52. The molecular formula is C11H5Br2Cl2N3O. The van der Waals surface area contributed by atoms with Crippen molar-refractivity contribution in [2.45, 2.75) is 0 Å². The van der Waals surface area contributed by atoms with Crippen molar-refractivity contribution >= 4 is 55.1 Å². The van der Waals surface area contributed by atoms with Crippen LogP contribution in [-0.4, -0.2) is 4.98 Å². The number of aromatic nitrogens is 2. The van der Waals surface area contributed by atoms with E-state index in [1.165, 1.54) is 12.3 Å². The molecule has 0 aliphatic rings. The topological polar surface area (TPSA) is 63.6 Å². The monoisotopic (exact) mass is 423 g/mol. The average Bonchev–Trinajstić information content (AvgIpc) is 2.38. The zero-order valence-electron chi connectivity index (χ0n) is 9.15. The van der Waals surface area contributed by atoms with Crippen LogP contribution in [0.4, 0.5) is 0 Å². The van der Waals surface area contributed by atoms with Gasteiger partial charge in [0.25, 0.3) is 5.15 Å². The Balaban J connectivity index is 0.000000191. The fraction of sp³-hybridized carbons (Fsp3) is 0. The van der Waals surface area contributed by atoms with Crippen LogP contribution in [0.1, 0.15) is 5.69 Å². The highest BCUT2D eigenvalue weighted by atomic mass is 79.9. The molecule has 19 heavy (non-hydrogen) atoms. The van der Waals surface area contributed by atoms with Gasteiger partial charge >= 0.3 is 0 Å². The van der Waals surface area contributed by atoms with E-state index in [0.717, 1.165) is 4.47 Å². The molecule has 2 aromatic rings. The zero-order valence-corrected chi connectivity index (χ0v) is 13.8. The molecule has 2 heterocycles. The molecule has 0 unspecified atom stereocenters. The molecule has 0 saturated carbocycles. The van der Waals surface area contributed by atoms with Crippen molar-refractivity contribution in [1.29, 1.82) is 5.26 Å². The summed E-state index contributed by atoms with van der Waals surface area (Å²) in [6.45, 7) is 0. The van der Waals surface area contributed by atoms with E-state index in [1.54, 1.807) is 18.2 Å². The summed E-state index contributed by atoms with van der Waals surface area (Å²) < 4.78 is 1.98. The molecule has 0 N–H and O–H groups in total. The molecular weight excluding hydrogens is 421 g/mol. The molecule has 0 aliphatic carbocycles. The molecule has 2 rings (SSSR count). The SMILES string of the molecule is N#Cc1nc(Cl)ccc1Br.[O-][n+]1cc(Br)ccc1Cl. The average molecular weight is 426 g/mol. The first kappa shape index (κ1) is 16.2. The molecule has 0 amide bonds. The Morgan fingerprint density at radius 2 is 1.89 bits per heavy atom. The van der Waals surface area contributed by atoms with Crippen molar-refractivity contribution in [3.63, 3.8) is 0 Å². The van der Waals surface area contributed by atoms with Gasteiger partial charge in [0.05, 0.1) is 8.95 Å². The van der Waals surface area contributed by atoms with E-state index in [0.29, 0.717) is 20.1 Å². The van der Waals surface area contributed by atoms with Gasteiger partial charge in [0.2, 0.25) is 0 Å². The van der Waals surface area contributed by atoms with Gasteiger partial charge in [0.1, 0.15) is 11.2 Å². The second kappa shape index (κ2) is 7.65. The number of rotatable bonds is 0. The standard InChI is InChI=1S/C6H2BrClN2.C5H3BrClNO/c7-4-1-2-6(8)10-5(4)3-9;6-4-1-2-5(7)8(9)3-4/h1-2H;1-3H. The minimum absolute atomic E-state index is 0.179. The number of halogens is 4. The molecule has 98 valence electrons. The molecule has 0 aromatic carbocycles. The molecule has 0 bridgehead atoms. The molecule has 0 saturated heterocycles. The van der Waals surface area contributed by atoms with E-state index in [9.17, 15) is 5.21 Å². The van der Waals surface area contributed by atoms with Crippen molar-refractivity contribution in [2.24, 2.45) is 0 Å². The van der Waals surface area contributed by atoms with Gasteiger partial charge in [-0.1, -0.05) is 11.6 Å². The Morgan fingerprint density at radius 1 is 1.21 bits per heavy atom. The summed E-state index contributed by atoms with van der Waals surface area (Å²) in [5, 5.41) is 19.5. The van der Waals surface area contributed by atoms with Gasteiger partial charge in [-0.25, -0.2) is 4.98 Å². The van der Waals surface area contributed by atoms with E-state index < -0.39 is 0 Å². The lowest BCUT2D eigenvalue weighted by molar-refractivity contribution is -0.603. The minimum atomic E-state index is 0.179. The number of hydrogen-bond acceptors (Lipinski definition) is 3. The third-order valence-corrected chi connectivity index (χ3v) is 3.36. The molecule has 0 spiro atoms. The Bertz CT molecular complexity index is 632. The lowest BCUT2D eigenvalue weighted by atomic mass is 10.4. The summed E-state index contributed by atoms with van der Waals surface area (Å²) in [5.74, 6) is 0. The maximum atomic E-state index is 10.6. The van der Waals surface area contributed by atoms with Gasteiger partial charge in [-0.15, -0.1) is 0 Å². The highest BCUT2D eigenvalue weighted by Gasteiger charge is 1.99. The number of nitrogens with zero attached hydrogens (tertiary/aromatic N) is 3. The fourth-order valence-corrected chi connectivity index (χ4v) is 1.82. The van der Waals surface area contributed by atoms with Crippen LogP contribution in [-0.2, 0) is 0 Å². The summed E-state index contributed by atoms with van der Waals surface area (Å²) in [5.41, 5.74) is 0.313. The Morgan fingerprint density at radius 3 is 2.37 bits per heavy atom. The normalized spacial score (nSPS) is 9.21. The van der Waals surface area contributed by atoms with Crippen LogP contribution in [0.25, 0.3) is 0 Å². The number of hydrogen-bond donors (Lipinski definition) is 0. The predicted octanol–water partition coefficient (Wildman–Crippen LogP) is 4.11. The highest BCUT2D eigenvalue weighted by molar-refractivity contribution is 9.10. The van der Waals surface area contributed by atoms with Gasteiger partial charge in [0, 0.05) is 6.07 Å². The summed E-state index contributed by atoms with van der Waals surface area (Å²) in [6, 6.07) is 8.43. The van der Waals surface area contributed by atoms with E-state index in [2.05, 4.69) is 36.8 Å². The molecule has 0 radical (unpaired) electrons. The van der Waals surface area contributed by atoms with Gasteiger partial charge in [-0.3, -0.25) is 0 Å². The molecule has 0 atom stereocenters. The first-order valence-corrected chi connectivity index (χ1v) is 7.04. The predicted molar refractivity (Wildman–Crippen MR) is 79.8 cm³/mol. The van der Waals surface area contributed by atoms with E-state index in [-0.39, 0.29) is 5.15 Å². The molecule has 0 aliphatic heterocycles. The van der Waals surface area contributed by atoms with Crippen LogP contribution in [0.15, 0.2) is 39.4 Å². The largest absolute Gasteiger partial charge is 0.618 e. The fourth-order valence-electron chi connectivity index (χ4n) is 0.935. The van der Waals surface area contributed by atoms with Crippen LogP contribution in [0, 0.1) is 16.5 Å². The van der Waals surface area contributed by atoms with Crippen LogP contribution in [0.2, 0.25) is 10.3 Å². The molecule has 8 heteroatoms. The molecule has 4 nitrogen and oxygen atoms in total. The first-order valence-electron chi connectivity index (χ1n) is 4.70. The zero-order chi connectivity index (χ0) is 14.4. The number of nitriles is 1. The molecule has 0 fully saturated rings. The Labute approximate surface area is 136 Å². The van der Waals surface area contributed by atoms with Gasteiger partial charge in [-0.2, -0.15) is 9.99 Å². The van der Waals surface area contributed by atoms with Gasteiger partial charge < -0.3 is 5.21 Å². The van der Waals surface area contributed by atoms with Crippen LogP contribution < -0.4 is 4.73 Å². The van der Waals surface area contributed by atoms with Crippen molar-refractivity contribution in [3.05, 3.63) is 60.6 Å². The summed E-state index contributed by atoms with van der Waals surface area (Å²) >= 11 is 17.2. The van der Waals surface area contributed by atoms with E-state index in [4.69, 9.17) is 28.5 Å². The lowest BCUT2D eigenvalue weighted by Crippen LogP contribution is -2.26. The number of pyridine rings is 2. The second-order valence-corrected chi connectivity index (χ2v) is 5.62. The molecule has 2 aromatic heterocycles. The van der Waals surface area contributed by atoms with E-state index >= 15 is 0 Å². The lowest BCUT2D eigenvalue weighted by Gasteiger charge is -1.95. The maximum absolute atomic E-state index is 10.6. The third-order valence-electron chi connectivity index (χ3n) is 1.75. The van der Waals surface area contributed by atoms with Crippen LogP contribution in [0.3, 0.4) is 0 Å². The first-order chi connectivity index (χ1) is 8.93. The second-order valence-electron chi connectivity index (χ2n) is 3.07. The van der Waals surface area contributed by atoms with Crippen LogP contribution in [0.5, 0.6) is 0 Å². The quantitative estimate of drug-likeness (QED) is 0.362. The maximum Gasteiger partial charge on any atom is 0.286 e. The summed E-state index contributed by atoms with van der Waals surface area (Å²) in [7, 11) is 0. The highest BCUT2D eigenvalue weighted by Crippen LogP contribution is 2.15. The van der Waals surface area contributed by atoms with Gasteiger partial charge in [-0.05, 0) is 61.7 Å². The van der Waals surface area contributed by atoms with Crippen molar-refractivity contribution in [1.82, 2.24) is 4.98 Å². The Hall–Kier alpha value is -0.870. The minimum Gasteiger partial charge on any atom is -0.618 e. The smallest absolute Gasteiger partial charge is 0.286 e. The third kappa shape index (κ3) is 5.33. The van der Waals surface area contributed by atoms with Gasteiger partial charge in [0.15, 0.2) is 11.9 Å². The van der Waals surface area contributed by atoms with Crippen LogP contribution >= 0.6 is 55.1 Å². The van der Waals surface area contributed by atoms with Crippen molar-refractivity contribution < 1.29 is 4.73 Å². The van der Waals surface area contributed by atoms with Crippen molar-refractivity contribution in [3.8, 4) is 6.07 Å². The summed E-state index contributed by atoms with van der Waals surface area (Å²) in [6.07, 6.45) is 1.35. The van der Waals surface area contributed by atoms with E-state index in [1.807, 2.05) is 6.07 Å². The van der Waals surface area contributed by atoms with Crippen molar-refractivity contribution in [2.75, 3.05) is 0 Å².